The van der Waals surface area contributed by atoms with Gasteiger partial charge in [-0.3, -0.25) is 5.32 Å². The first-order valence-corrected chi connectivity index (χ1v) is 6.48. The summed E-state index contributed by atoms with van der Waals surface area (Å²) in [6.07, 6.45) is 1.02. The molecule has 0 aliphatic rings. The van der Waals surface area contributed by atoms with Crippen molar-refractivity contribution in [2.75, 3.05) is 11.9 Å². The summed E-state index contributed by atoms with van der Waals surface area (Å²) in [5.74, 6) is 0. The van der Waals surface area contributed by atoms with E-state index >= 15 is 0 Å². The fourth-order valence-corrected chi connectivity index (χ4v) is 1.91. The fraction of sp³-hybridized carbons (Fsp3) is 0.143. The maximum Gasteiger partial charge on any atom is 0.411 e. The summed E-state index contributed by atoms with van der Waals surface area (Å²) in [7, 11) is 0. The van der Waals surface area contributed by atoms with Gasteiger partial charge in [0, 0.05) is 0 Å². The Hall–Kier alpha value is -2.96. The van der Waals surface area contributed by atoms with Crippen LogP contribution in [0.15, 0.2) is 42.6 Å². The molecule has 2 heterocycles. The van der Waals surface area contributed by atoms with Gasteiger partial charge in [-0.2, -0.15) is 4.68 Å². The van der Waals surface area contributed by atoms with E-state index in [1.165, 1.54) is 0 Å². The highest BCUT2D eigenvalue weighted by molar-refractivity contribution is 5.87. The van der Waals surface area contributed by atoms with Gasteiger partial charge in [-0.1, -0.05) is 23.4 Å². The van der Waals surface area contributed by atoms with Crippen LogP contribution in [0.3, 0.4) is 0 Å². The van der Waals surface area contributed by atoms with Crippen LogP contribution in [0.4, 0.5) is 10.5 Å². The van der Waals surface area contributed by atoms with Crippen LogP contribution < -0.4 is 5.32 Å². The number of hydrogen-bond donors (Lipinski definition) is 1. The molecular weight excluding hydrogens is 270 g/mol. The summed E-state index contributed by atoms with van der Waals surface area (Å²) >= 11 is 0. The van der Waals surface area contributed by atoms with E-state index in [9.17, 15) is 4.79 Å². The maximum absolute atomic E-state index is 11.4. The molecule has 7 heteroatoms. The molecule has 106 valence electrons. The van der Waals surface area contributed by atoms with Crippen LogP contribution in [-0.4, -0.2) is 32.7 Å². The standard InChI is InChI=1S/C14H13N5O2/c1-2-21-14(20)16-10-8-12-13(15-9-10)19(18-17-12)11-6-4-3-5-7-11/h3-9H,2H2,1H3,(H,16,20). The van der Waals surface area contributed by atoms with Gasteiger partial charge in [0.1, 0.15) is 5.52 Å². The molecule has 1 amide bonds. The Labute approximate surface area is 120 Å². The van der Waals surface area contributed by atoms with Crippen LogP contribution >= 0.6 is 0 Å². The Morgan fingerprint density at radius 3 is 2.90 bits per heavy atom. The third kappa shape index (κ3) is 2.66. The van der Waals surface area contributed by atoms with E-state index in [0.29, 0.717) is 23.5 Å². The lowest BCUT2D eigenvalue weighted by Crippen LogP contribution is -2.13. The molecule has 21 heavy (non-hydrogen) atoms. The molecule has 2 aromatic heterocycles. The minimum atomic E-state index is -0.519. The highest BCUT2D eigenvalue weighted by atomic mass is 16.5. The van der Waals surface area contributed by atoms with E-state index in [2.05, 4.69) is 20.6 Å². The number of nitrogens with zero attached hydrogens (tertiary/aromatic N) is 4. The number of nitrogens with one attached hydrogen (secondary N) is 1. The molecule has 1 N–H and O–H groups in total. The normalized spacial score (nSPS) is 10.5. The highest BCUT2D eigenvalue weighted by Crippen LogP contribution is 2.17. The second-order valence-electron chi connectivity index (χ2n) is 4.25. The van der Waals surface area contributed by atoms with Gasteiger partial charge in [0.2, 0.25) is 0 Å². The van der Waals surface area contributed by atoms with Crippen molar-refractivity contribution in [3.63, 3.8) is 0 Å². The topological polar surface area (TPSA) is 81.9 Å². The molecule has 0 spiro atoms. The number of pyridine rings is 1. The van der Waals surface area contributed by atoms with Crippen molar-refractivity contribution >= 4 is 22.9 Å². The Morgan fingerprint density at radius 1 is 1.33 bits per heavy atom. The van der Waals surface area contributed by atoms with Crippen LogP contribution in [-0.2, 0) is 4.74 Å². The molecular formula is C14H13N5O2. The third-order valence-corrected chi connectivity index (χ3v) is 2.81. The molecule has 0 saturated carbocycles. The molecule has 7 nitrogen and oxygen atoms in total. The zero-order valence-corrected chi connectivity index (χ0v) is 11.4. The summed E-state index contributed by atoms with van der Waals surface area (Å²) < 4.78 is 6.46. The van der Waals surface area contributed by atoms with Crippen LogP contribution in [0.2, 0.25) is 0 Å². The summed E-state index contributed by atoms with van der Waals surface area (Å²) in [6.45, 7) is 2.05. The molecule has 0 bridgehead atoms. The van der Waals surface area contributed by atoms with Crippen molar-refractivity contribution in [1.82, 2.24) is 20.0 Å². The number of carbonyl (C=O) groups is 1. The molecule has 0 fully saturated rings. The lowest BCUT2D eigenvalue weighted by atomic mass is 10.3. The van der Waals surface area contributed by atoms with Gasteiger partial charge in [-0.15, -0.1) is 5.10 Å². The van der Waals surface area contributed by atoms with Crippen LogP contribution in [0.25, 0.3) is 16.9 Å². The fourth-order valence-electron chi connectivity index (χ4n) is 1.91. The molecule has 0 atom stereocenters. The lowest BCUT2D eigenvalue weighted by molar-refractivity contribution is 0.168. The second-order valence-corrected chi connectivity index (χ2v) is 4.25. The average molecular weight is 283 g/mol. The van der Waals surface area contributed by atoms with E-state index in [0.717, 1.165) is 5.69 Å². The first kappa shape index (κ1) is 13.0. The number of hydrogen-bond acceptors (Lipinski definition) is 5. The van der Waals surface area contributed by atoms with Crippen molar-refractivity contribution in [1.29, 1.82) is 0 Å². The van der Waals surface area contributed by atoms with Crippen molar-refractivity contribution in [3.05, 3.63) is 42.6 Å². The molecule has 0 radical (unpaired) electrons. The molecule has 0 saturated heterocycles. The zero-order valence-electron chi connectivity index (χ0n) is 11.4. The number of rotatable bonds is 3. The van der Waals surface area contributed by atoms with E-state index in [1.54, 1.807) is 23.9 Å². The first-order chi connectivity index (χ1) is 10.3. The number of aromatic nitrogens is 4. The Kier molecular flexibility index (Phi) is 3.46. The number of carbonyl (C=O) groups excluding carboxylic acids is 1. The van der Waals surface area contributed by atoms with Gasteiger partial charge in [-0.05, 0) is 25.1 Å². The van der Waals surface area contributed by atoms with Crippen LogP contribution in [0, 0.1) is 0 Å². The molecule has 3 aromatic rings. The number of fused-ring (bicyclic) bond motifs is 1. The summed E-state index contributed by atoms with van der Waals surface area (Å²) in [6, 6.07) is 11.3. The Balaban J connectivity index is 1.93. The summed E-state index contributed by atoms with van der Waals surface area (Å²) in [5, 5.41) is 10.7. The largest absolute Gasteiger partial charge is 0.450 e. The third-order valence-electron chi connectivity index (χ3n) is 2.81. The smallest absolute Gasteiger partial charge is 0.411 e. The Morgan fingerprint density at radius 2 is 2.14 bits per heavy atom. The first-order valence-electron chi connectivity index (χ1n) is 6.48. The number of anilines is 1. The SMILES string of the molecule is CCOC(=O)Nc1cnc2c(c1)nnn2-c1ccccc1. The molecule has 1 aromatic carbocycles. The second kappa shape index (κ2) is 5.58. The van der Waals surface area contributed by atoms with Gasteiger partial charge in [0.05, 0.1) is 24.2 Å². The number of amides is 1. The summed E-state index contributed by atoms with van der Waals surface area (Å²) in [5.41, 5.74) is 2.60. The minimum absolute atomic E-state index is 0.311. The van der Waals surface area contributed by atoms with E-state index in [4.69, 9.17) is 4.74 Å². The predicted octanol–water partition coefficient (Wildman–Crippen LogP) is 2.38. The molecule has 0 unspecified atom stereocenters. The van der Waals surface area contributed by atoms with Crippen molar-refractivity contribution in [2.45, 2.75) is 6.92 Å². The molecule has 0 aliphatic carbocycles. The number of para-hydroxylation sites is 1. The van der Waals surface area contributed by atoms with Crippen molar-refractivity contribution < 1.29 is 9.53 Å². The van der Waals surface area contributed by atoms with Gasteiger partial charge < -0.3 is 4.74 Å². The van der Waals surface area contributed by atoms with Crippen LogP contribution in [0.5, 0.6) is 0 Å². The lowest BCUT2D eigenvalue weighted by Gasteiger charge is -2.04. The maximum atomic E-state index is 11.4. The van der Waals surface area contributed by atoms with E-state index in [1.807, 2.05) is 30.3 Å². The average Bonchev–Trinajstić information content (AvgIpc) is 2.91. The van der Waals surface area contributed by atoms with E-state index in [-0.39, 0.29) is 0 Å². The van der Waals surface area contributed by atoms with Crippen molar-refractivity contribution in [2.24, 2.45) is 0 Å². The Bertz CT molecular complexity index is 769. The van der Waals surface area contributed by atoms with Gasteiger partial charge in [-0.25, -0.2) is 9.78 Å². The van der Waals surface area contributed by atoms with Crippen LogP contribution in [0.1, 0.15) is 6.92 Å². The summed E-state index contributed by atoms with van der Waals surface area (Å²) in [4.78, 5) is 15.7. The highest BCUT2D eigenvalue weighted by Gasteiger charge is 2.10. The van der Waals surface area contributed by atoms with Gasteiger partial charge in [0.15, 0.2) is 5.65 Å². The zero-order chi connectivity index (χ0) is 14.7. The van der Waals surface area contributed by atoms with Gasteiger partial charge in [0.25, 0.3) is 0 Å². The quantitative estimate of drug-likeness (QED) is 0.798. The van der Waals surface area contributed by atoms with Crippen molar-refractivity contribution in [3.8, 4) is 5.69 Å². The predicted molar refractivity (Wildman–Crippen MR) is 77.3 cm³/mol. The molecule has 0 aliphatic heterocycles. The van der Waals surface area contributed by atoms with E-state index < -0.39 is 6.09 Å². The minimum Gasteiger partial charge on any atom is -0.450 e. The van der Waals surface area contributed by atoms with Gasteiger partial charge >= 0.3 is 6.09 Å². The number of benzene rings is 1. The monoisotopic (exact) mass is 283 g/mol. The number of ether oxygens (including phenoxy) is 1. The molecule has 3 rings (SSSR count).